The van der Waals surface area contributed by atoms with E-state index in [1.807, 2.05) is 47.4 Å². The molecule has 3 aromatic carbocycles. The minimum absolute atomic E-state index is 0.106. The van der Waals surface area contributed by atoms with Gasteiger partial charge in [-0.2, -0.15) is 0 Å². The molecule has 180 valence electrons. The normalized spacial score (nSPS) is 15.9. The molecule has 4 aromatic rings. The zero-order valence-electron chi connectivity index (χ0n) is 19.7. The lowest BCUT2D eigenvalue weighted by molar-refractivity contribution is 0.0980. The Kier molecular flexibility index (Phi) is 5.85. The highest BCUT2D eigenvalue weighted by molar-refractivity contribution is 7.90. The van der Waals surface area contributed by atoms with Gasteiger partial charge in [-0.05, 0) is 67.4 Å². The number of nitrogens with zero attached hydrogens (tertiary/aromatic N) is 2. The van der Waals surface area contributed by atoms with Crippen molar-refractivity contribution >= 4 is 49.6 Å². The summed E-state index contributed by atoms with van der Waals surface area (Å²) in [7, 11) is -3.27. The molecule has 1 amide bonds. The summed E-state index contributed by atoms with van der Waals surface area (Å²) in [5, 5.41) is 1.54. The lowest BCUT2D eigenvalue weighted by Gasteiger charge is -2.42. The van der Waals surface area contributed by atoms with Gasteiger partial charge in [-0.25, -0.2) is 8.42 Å². The van der Waals surface area contributed by atoms with Gasteiger partial charge in [0, 0.05) is 41.3 Å². The first-order valence-electron chi connectivity index (χ1n) is 11.5. The topological polar surface area (TPSA) is 73.5 Å². The molecule has 8 heteroatoms. The lowest BCUT2D eigenvalue weighted by atomic mass is 10.0. The molecular formula is C27H26ClN3O3S. The average Bonchev–Trinajstić information content (AvgIpc) is 3.25. The largest absolute Gasteiger partial charge is 0.366 e. The van der Waals surface area contributed by atoms with Crippen molar-refractivity contribution in [3.05, 3.63) is 77.4 Å². The van der Waals surface area contributed by atoms with E-state index in [1.54, 1.807) is 24.3 Å². The standard InChI is InChI=1S/C27H26ClN3O3S/c1-4-30-17(2)16-31(27(32)24-13-20-5-9-21(28)15-23(20)29-24)26-14-19(8-12-25(26)30)18-6-10-22(11-7-18)35(3,33)34/h5-15,17,29H,4,16H2,1-3H3/t17-/m0/s1. The number of anilines is 2. The van der Waals surface area contributed by atoms with Crippen LogP contribution in [0.5, 0.6) is 0 Å². The summed E-state index contributed by atoms with van der Waals surface area (Å²) in [5.74, 6) is -0.106. The van der Waals surface area contributed by atoms with Gasteiger partial charge in [0.2, 0.25) is 0 Å². The number of likely N-dealkylation sites (N-methyl/N-ethyl adjacent to an activating group) is 1. The number of H-pyrrole nitrogens is 1. The Balaban J connectivity index is 1.58. The maximum absolute atomic E-state index is 13.7. The molecule has 1 aliphatic heterocycles. The predicted octanol–water partition coefficient (Wildman–Crippen LogP) is 5.77. The van der Waals surface area contributed by atoms with E-state index in [2.05, 4.69) is 23.7 Å². The number of benzene rings is 3. The number of carbonyl (C=O) groups is 1. The quantitative estimate of drug-likeness (QED) is 0.380. The monoisotopic (exact) mass is 507 g/mol. The molecule has 1 aromatic heterocycles. The molecule has 1 atom stereocenters. The molecule has 35 heavy (non-hydrogen) atoms. The third-order valence-electron chi connectivity index (χ3n) is 6.57. The number of carbonyl (C=O) groups excluding carboxylic acids is 1. The van der Waals surface area contributed by atoms with Gasteiger partial charge in [0.25, 0.3) is 5.91 Å². The number of hydrogen-bond acceptors (Lipinski definition) is 4. The second-order valence-corrected chi connectivity index (χ2v) is 11.4. The van der Waals surface area contributed by atoms with Crippen molar-refractivity contribution in [3.8, 4) is 11.1 Å². The smallest absolute Gasteiger partial charge is 0.274 e. The number of aromatic amines is 1. The van der Waals surface area contributed by atoms with Crippen molar-refractivity contribution < 1.29 is 13.2 Å². The van der Waals surface area contributed by atoms with Crippen LogP contribution in [-0.4, -0.2) is 44.7 Å². The second kappa shape index (κ2) is 8.73. The first-order valence-corrected chi connectivity index (χ1v) is 13.7. The van der Waals surface area contributed by atoms with Crippen molar-refractivity contribution in [3.63, 3.8) is 0 Å². The summed E-state index contributed by atoms with van der Waals surface area (Å²) < 4.78 is 23.7. The van der Waals surface area contributed by atoms with Crippen molar-refractivity contribution in [2.45, 2.75) is 24.8 Å². The molecule has 0 radical (unpaired) electrons. The van der Waals surface area contributed by atoms with Crippen molar-refractivity contribution in [1.82, 2.24) is 4.98 Å². The fourth-order valence-electron chi connectivity index (χ4n) is 4.79. The van der Waals surface area contributed by atoms with Gasteiger partial charge in [-0.3, -0.25) is 4.79 Å². The predicted molar refractivity (Wildman–Crippen MR) is 142 cm³/mol. The fraction of sp³-hybridized carbons (Fsp3) is 0.222. The van der Waals surface area contributed by atoms with E-state index in [-0.39, 0.29) is 16.8 Å². The number of nitrogens with one attached hydrogen (secondary N) is 1. The van der Waals surface area contributed by atoms with Crippen LogP contribution in [-0.2, 0) is 9.84 Å². The highest BCUT2D eigenvalue weighted by atomic mass is 35.5. The molecule has 0 saturated carbocycles. The highest BCUT2D eigenvalue weighted by Gasteiger charge is 2.32. The minimum Gasteiger partial charge on any atom is -0.366 e. The fourth-order valence-corrected chi connectivity index (χ4v) is 5.59. The SMILES string of the molecule is CCN1c2ccc(-c3ccc(S(C)(=O)=O)cc3)cc2N(C(=O)c2cc3ccc(Cl)cc3[nH]2)C[C@@H]1C. The number of halogens is 1. The molecule has 0 bridgehead atoms. The van der Waals surface area contributed by atoms with Crippen LogP contribution >= 0.6 is 11.6 Å². The minimum atomic E-state index is -3.27. The van der Waals surface area contributed by atoms with Crippen molar-refractivity contribution in [2.24, 2.45) is 0 Å². The summed E-state index contributed by atoms with van der Waals surface area (Å²) in [6.45, 7) is 5.60. The van der Waals surface area contributed by atoms with Crippen LogP contribution in [0.25, 0.3) is 22.0 Å². The Bertz CT molecular complexity index is 1540. The highest BCUT2D eigenvalue weighted by Crippen LogP contribution is 2.39. The Morgan fingerprint density at radius 3 is 2.40 bits per heavy atom. The first-order chi connectivity index (χ1) is 16.7. The van der Waals surface area contributed by atoms with Crippen LogP contribution in [0.2, 0.25) is 5.02 Å². The number of hydrogen-bond donors (Lipinski definition) is 1. The summed E-state index contributed by atoms with van der Waals surface area (Å²) in [6, 6.07) is 20.4. The number of fused-ring (bicyclic) bond motifs is 2. The van der Waals surface area contributed by atoms with Gasteiger partial charge in [0.15, 0.2) is 9.84 Å². The molecule has 6 nitrogen and oxygen atoms in total. The zero-order valence-corrected chi connectivity index (χ0v) is 21.3. The van der Waals surface area contributed by atoms with Gasteiger partial charge in [0.1, 0.15) is 5.69 Å². The molecular weight excluding hydrogens is 482 g/mol. The third kappa shape index (κ3) is 4.30. The van der Waals surface area contributed by atoms with E-state index >= 15 is 0 Å². The summed E-state index contributed by atoms with van der Waals surface area (Å²) in [5.41, 5.74) is 4.95. The maximum atomic E-state index is 13.7. The van der Waals surface area contributed by atoms with Crippen LogP contribution in [0.1, 0.15) is 24.3 Å². The molecule has 5 rings (SSSR count). The summed E-state index contributed by atoms with van der Waals surface area (Å²) >= 11 is 6.13. The molecule has 2 heterocycles. The Morgan fingerprint density at radius 2 is 1.71 bits per heavy atom. The van der Waals surface area contributed by atoms with Crippen LogP contribution in [0.15, 0.2) is 71.6 Å². The van der Waals surface area contributed by atoms with E-state index < -0.39 is 9.84 Å². The van der Waals surface area contributed by atoms with Gasteiger partial charge >= 0.3 is 0 Å². The molecule has 0 spiro atoms. The molecule has 1 N–H and O–H groups in total. The Hall–Kier alpha value is -3.29. The van der Waals surface area contributed by atoms with E-state index in [9.17, 15) is 13.2 Å². The van der Waals surface area contributed by atoms with E-state index in [0.717, 1.165) is 39.9 Å². The average molecular weight is 508 g/mol. The van der Waals surface area contributed by atoms with E-state index in [4.69, 9.17) is 11.6 Å². The molecule has 0 unspecified atom stereocenters. The van der Waals surface area contributed by atoms with Crippen LogP contribution in [0, 0.1) is 0 Å². The Labute approximate surface area is 210 Å². The molecule has 1 aliphatic rings. The number of rotatable bonds is 4. The van der Waals surface area contributed by atoms with E-state index in [1.165, 1.54) is 6.26 Å². The van der Waals surface area contributed by atoms with Crippen LogP contribution < -0.4 is 9.80 Å². The molecule has 0 aliphatic carbocycles. The number of sulfone groups is 1. The van der Waals surface area contributed by atoms with Gasteiger partial charge in [0.05, 0.1) is 16.3 Å². The van der Waals surface area contributed by atoms with E-state index in [0.29, 0.717) is 17.3 Å². The van der Waals surface area contributed by atoms with Gasteiger partial charge < -0.3 is 14.8 Å². The Morgan fingerprint density at radius 1 is 1.00 bits per heavy atom. The number of aromatic nitrogens is 1. The summed E-state index contributed by atoms with van der Waals surface area (Å²) in [6.07, 6.45) is 1.20. The van der Waals surface area contributed by atoms with Crippen molar-refractivity contribution in [2.75, 3.05) is 29.1 Å². The van der Waals surface area contributed by atoms with Gasteiger partial charge in [-0.15, -0.1) is 0 Å². The second-order valence-electron chi connectivity index (χ2n) is 8.97. The first kappa shape index (κ1) is 23.5. The zero-order chi connectivity index (χ0) is 24.9. The lowest BCUT2D eigenvalue weighted by Crippen LogP contribution is -2.49. The third-order valence-corrected chi connectivity index (χ3v) is 7.93. The molecule has 0 fully saturated rings. The van der Waals surface area contributed by atoms with Crippen molar-refractivity contribution in [1.29, 1.82) is 0 Å². The number of amides is 1. The summed E-state index contributed by atoms with van der Waals surface area (Å²) in [4.78, 5) is 21.4. The maximum Gasteiger partial charge on any atom is 0.274 e. The van der Waals surface area contributed by atoms with Crippen LogP contribution in [0.4, 0.5) is 11.4 Å². The van der Waals surface area contributed by atoms with Crippen LogP contribution in [0.3, 0.4) is 0 Å². The van der Waals surface area contributed by atoms with Gasteiger partial charge in [-0.1, -0.05) is 35.9 Å². The molecule has 0 saturated heterocycles.